The minimum absolute atomic E-state index is 0.00169. The number of phenols is 1. The number of halogens is 1. The summed E-state index contributed by atoms with van der Waals surface area (Å²) in [5.74, 6) is -0.273. The van der Waals surface area contributed by atoms with Crippen LogP contribution in [0.4, 0.5) is 0 Å². The zero-order valence-corrected chi connectivity index (χ0v) is 12.6. The van der Waals surface area contributed by atoms with E-state index in [9.17, 15) is 9.90 Å². The second-order valence-corrected chi connectivity index (χ2v) is 5.51. The van der Waals surface area contributed by atoms with Crippen LogP contribution in [0.15, 0.2) is 48.5 Å². The van der Waals surface area contributed by atoms with Gasteiger partial charge >= 0.3 is 0 Å². The van der Waals surface area contributed by atoms with Crippen molar-refractivity contribution in [3.63, 3.8) is 0 Å². The zero-order valence-electron chi connectivity index (χ0n) is 10.4. The number of aromatic hydroxyl groups is 1. The number of amides is 1. The van der Waals surface area contributed by atoms with E-state index in [1.165, 1.54) is 6.07 Å². The standard InChI is InChI=1S/C15H14INO2/c1-10(11-5-3-2-4-6-11)17-15(19)13-9-12(16)7-8-14(13)18/h2-10,18H,1H3,(H,17,19). The van der Waals surface area contributed by atoms with Crippen molar-refractivity contribution in [1.82, 2.24) is 5.32 Å². The summed E-state index contributed by atoms with van der Waals surface area (Å²) in [5.41, 5.74) is 1.33. The average Bonchev–Trinajstić information content (AvgIpc) is 2.42. The molecule has 0 aliphatic heterocycles. The van der Waals surface area contributed by atoms with E-state index in [1.807, 2.05) is 37.3 Å². The molecule has 0 saturated heterocycles. The highest BCUT2D eigenvalue weighted by atomic mass is 127. The number of hydrogen-bond donors (Lipinski definition) is 2. The molecule has 1 amide bonds. The summed E-state index contributed by atoms with van der Waals surface area (Å²) >= 11 is 2.11. The second-order valence-electron chi connectivity index (χ2n) is 4.27. The molecule has 0 aliphatic rings. The zero-order chi connectivity index (χ0) is 13.8. The molecular formula is C15H14INO2. The van der Waals surface area contributed by atoms with Crippen LogP contribution in [0.25, 0.3) is 0 Å². The third-order valence-corrected chi connectivity index (χ3v) is 3.52. The summed E-state index contributed by atoms with van der Waals surface area (Å²) in [6.07, 6.45) is 0. The van der Waals surface area contributed by atoms with Gasteiger partial charge in [0.2, 0.25) is 0 Å². The van der Waals surface area contributed by atoms with E-state index >= 15 is 0 Å². The average molecular weight is 367 g/mol. The van der Waals surface area contributed by atoms with Crippen LogP contribution in [-0.2, 0) is 0 Å². The lowest BCUT2D eigenvalue weighted by Crippen LogP contribution is -2.26. The first-order valence-corrected chi connectivity index (χ1v) is 7.00. The van der Waals surface area contributed by atoms with E-state index in [-0.39, 0.29) is 17.7 Å². The minimum Gasteiger partial charge on any atom is -0.507 e. The number of carbonyl (C=O) groups is 1. The molecule has 4 heteroatoms. The topological polar surface area (TPSA) is 49.3 Å². The predicted molar refractivity (Wildman–Crippen MR) is 83.1 cm³/mol. The third-order valence-electron chi connectivity index (χ3n) is 2.85. The monoisotopic (exact) mass is 367 g/mol. The minimum atomic E-state index is -0.271. The molecule has 0 aliphatic carbocycles. The van der Waals surface area contributed by atoms with Crippen LogP contribution in [-0.4, -0.2) is 11.0 Å². The summed E-state index contributed by atoms with van der Waals surface area (Å²) < 4.78 is 0.910. The van der Waals surface area contributed by atoms with Crippen molar-refractivity contribution in [1.29, 1.82) is 0 Å². The fourth-order valence-electron chi connectivity index (χ4n) is 1.79. The normalized spacial score (nSPS) is 11.9. The highest BCUT2D eigenvalue weighted by Crippen LogP contribution is 2.21. The fourth-order valence-corrected chi connectivity index (χ4v) is 2.28. The van der Waals surface area contributed by atoms with E-state index in [2.05, 4.69) is 27.9 Å². The summed E-state index contributed by atoms with van der Waals surface area (Å²) in [4.78, 5) is 12.1. The lowest BCUT2D eigenvalue weighted by molar-refractivity contribution is 0.0937. The summed E-state index contributed by atoms with van der Waals surface area (Å²) in [5, 5.41) is 12.6. The number of carbonyl (C=O) groups excluding carboxylic acids is 1. The van der Waals surface area contributed by atoms with Crippen molar-refractivity contribution < 1.29 is 9.90 Å². The molecule has 2 rings (SSSR count). The summed E-state index contributed by atoms with van der Waals surface area (Å²) in [6, 6.07) is 14.6. The smallest absolute Gasteiger partial charge is 0.255 e. The number of rotatable bonds is 3. The van der Waals surface area contributed by atoms with E-state index in [0.29, 0.717) is 5.56 Å². The molecule has 1 atom stereocenters. The maximum absolute atomic E-state index is 12.1. The highest BCUT2D eigenvalue weighted by Gasteiger charge is 2.14. The third kappa shape index (κ3) is 3.47. The molecule has 0 fully saturated rings. The van der Waals surface area contributed by atoms with Crippen LogP contribution in [0.1, 0.15) is 28.9 Å². The first-order valence-electron chi connectivity index (χ1n) is 5.92. The van der Waals surface area contributed by atoms with Crippen molar-refractivity contribution in [2.24, 2.45) is 0 Å². The number of phenolic OH excluding ortho intramolecular Hbond substituents is 1. The molecule has 1 unspecified atom stereocenters. The number of nitrogens with one attached hydrogen (secondary N) is 1. The fraction of sp³-hybridized carbons (Fsp3) is 0.133. The lowest BCUT2D eigenvalue weighted by atomic mass is 10.1. The lowest BCUT2D eigenvalue weighted by Gasteiger charge is -2.15. The van der Waals surface area contributed by atoms with Gasteiger partial charge in [0.1, 0.15) is 5.75 Å². The van der Waals surface area contributed by atoms with Gasteiger partial charge in [0.05, 0.1) is 11.6 Å². The Morgan fingerprint density at radius 2 is 1.89 bits per heavy atom. The maximum atomic E-state index is 12.1. The van der Waals surface area contributed by atoms with Crippen LogP contribution in [0, 0.1) is 3.57 Å². The SMILES string of the molecule is CC(NC(=O)c1cc(I)ccc1O)c1ccccc1. The van der Waals surface area contributed by atoms with Crippen LogP contribution in [0.2, 0.25) is 0 Å². The van der Waals surface area contributed by atoms with Gasteiger partial charge in [-0.25, -0.2) is 0 Å². The van der Waals surface area contributed by atoms with Gasteiger partial charge in [-0.3, -0.25) is 4.79 Å². The predicted octanol–water partition coefficient (Wildman–Crippen LogP) is 3.49. The van der Waals surface area contributed by atoms with E-state index in [4.69, 9.17) is 0 Å². The van der Waals surface area contributed by atoms with Crippen LogP contribution >= 0.6 is 22.6 Å². The van der Waals surface area contributed by atoms with Gasteiger partial charge in [0.15, 0.2) is 0 Å². The van der Waals surface area contributed by atoms with Crippen LogP contribution in [0.5, 0.6) is 5.75 Å². The molecule has 0 aromatic heterocycles. The molecule has 0 saturated carbocycles. The largest absolute Gasteiger partial charge is 0.507 e. The Labute approximate surface area is 125 Å². The van der Waals surface area contributed by atoms with Gasteiger partial charge in [0, 0.05) is 3.57 Å². The van der Waals surface area contributed by atoms with Gasteiger partial charge in [-0.05, 0) is 53.3 Å². The Balaban J connectivity index is 2.15. The second kappa shape index (κ2) is 6.06. The Hall–Kier alpha value is -1.56. The van der Waals surface area contributed by atoms with Crippen molar-refractivity contribution in [2.75, 3.05) is 0 Å². The van der Waals surface area contributed by atoms with Gasteiger partial charge in [-0.2, -0.15) is 0 Å². The molecule has 2 aromatic rings. The molecule has 2 aromatic carbocycles. The molecule has 0 bridgehead atoms. The van der Waals surface area contributed by atoms with Gasteiger partial charge < -0.3 is 10.4 Å². The first kappa shape index (κ1) is 13.9. The van der Waals surface area contributed by atoms with Crippen molar-refractivity contribution in [3.05, 3.63) is 63.2 Å². The Morgan fingerprint density at radius 3 is 2.58 bits per heavy atom. The van der Waals surface area contributed by atoms with Gasteiger partial charge in [-0.15, -0.1) is 0 Å². The van der Waals surface area contributed by atoms with Gasteiger partial charge in [0.25, 0.3) is 5.91 Å². The van der Waals surface area contributed by atoms with Crippen LogP contribution in [0.3, 0.4) is 0 Å². The quantitative estimate of drug-likeness (QED) is 0.816. The Kier molecular flexibility index (Phi) is 4.42. The highest BCUT2D eigenvalue weighted by molar-refractivity contribution is 14.1. The molecule has 2 N–H and O–H groups in total. The van der Waals surface area contributed by atoms with Gasteiger partial charge in [-0.1, -0.05) is 30.3 Å². The molecule has 0 heterocycles. The van der Waals surface area contributed by atoms with E-state index in [1.54, 1.807) is 12.1 Å². The molecule has 0 spiro atoms. The summed E-state index contributed by atoms with van der Waals surface area (Å²) in [7, 11) is 0. The van der Waals surface area contributed by atoms with Crippen molar-refractivity contribution in [3.8, 4) is 5.75 Å². The maximum Gasteiger partial charge on any atom is 0.255 e. The first-order chi connectivity index (χ1) is 9.08. The van der Waals surface area contributed by atoms with Crippen molar-refractivity contribution in [2.45, 2.75) is 13.0 Å². The molecule has 3 nitrogen and oxygen atoms in total. The Morgan fingerprint density at radius 1 is 1.21 bits per heavy atom. The summed E-state index contributed by atoms with van der Waals surface area (Å²) in [6.45, 7) is 1.91. The van der Waals surface area contributed by atoms with Crippen LogP contribution < -0.4 is 5.32 Å². The van der Waals surface area contributed by atoms with Crippen molar-refractivity contribution >= 4 is 28.5 Å². The number of benzene rings is 2. The number of hydrogen-bond acceptors (Lipinski definition) is 2. The Bertz CT molecular complexity index is 584. The molecule has 0 radical (unpaired) electrons. The van der Waals surface area contributed by atoms with E-state index in [0.717, 1.165) is 9.13 Å². The van der Waals surface area contributed by atoms with E-state index < -0.39 is 0 Å². The molecule has 98 valence electrons. The molecular weight excluding hydrogens is 353 g/mol. The molecule has 19 heavy (non-hydrogen) atoms.